The summed E-state index contributed by atoms with van der Waals surface area (Å²) in [5.41, 5.74) is 0.217. The minimum absolute atomic E-state index is 0.0232. The molecule has 5 heteroatoms. The molecule has 0 aliphatic heterocycles. The number of unbranched alkanes of at least 4 members (excludes halogenated alkanes) is 1. The molecule has 2 aromatic carbocycles. The van der Waals surface area contributed by atoms with Gasteiger partial charge >= 0.3 is 0 Å². The first-order valence-electron chi connectivity index (χ1n) is 7.62. The Morgan fingerprint density at radius 1 is 0.870 bits per heavy atom. The number of ether oxygens (including phenoxy) is 2. The fourth-order valence-electron chi connectivity index (χ4n) is 2.13. The lowest BCUT2D eigenvalue weighted by atomic mass is 10.0. The van der Waals surface area contributed by atoms with E-state index in [1.54, 1.807) is 6.92 Å². The molecule has 0 fully saturated rings. The highest BCUT2D eigenvalue weighted by atomic mass is 19.2. The molecule has 0 unspecified atom stereocenters. The Hall–Kier alpha value is -2.17. The summed E-state index contributed by atoms with van der Waals surface area (Å²) in [6.07, 6.45) is 1.76. The minimum atomic E-state index is -1.08. The predicted molar refractivity (Wildman–Crippen MR) is 83.3 cm³/mol. The van der Waals surface area contributed by atoms with Gasteiger partial charge in [-0.05, 0) is 43.2 Å². The Balaban J connectivity index is 2.28. The van der Waals surface area contributed by atoms with Crippen molar-refractivity contribution < 1.29 is 22.6 Å². The minimum Gasteiger partial charge on any atom is -0.491 e. The van der Waals surface area contributed by atoms with Gasteiger partial charge in [0.1, 0.15) is 0 Å². The van der Waals surface area contributed by atoms with E-state index in [-0.39, 0.29) is 29.2 Å². The Morgan fingerprint density at radius 2 is 1.61 bits per heavy atom. The summed E-state index contributed by atoms with van der Waals surface area (Å²) < 4.78 is 52.4. The maximum Gasteiger partial charge on any atom is 0.201 e. The molecule has 23 heavy (non-hydrogen) atoms. The first-order chi connectivity index (χ1) is 11.1. The van der Waals surface area contributed by atoms with Crippen molar-refractivity contribution >= 4 is 0 Å². The molecule has 0 heterocycles. The molecular weight excluding hydrogens is 305 g/mol. The average molecular weight is 324 g/mol. The zero-order chi connectivity index (χ0) is 16.8. The van der Waals surface area contributed by atoms with Crippen LogP contribution in [0.5, 0.6) is 11.5 Å². The van der Waals surface area contributed by atoms with Crippen molar-refractivity contribution in [2.24, 2.45) is 0 Å². The van der Waals surface area contributed by atoms with Gasteiger partial charge in [0.05, 0.1) is 13.2 Å². The van der Waals surface area contributed by atoms with E-state index in [1.807, 2.05) is 6.92 Å². The lowest BCUT2D eigenvalue weighted by Crippen LogP contribution is -2.00. The Kier molecular flexibility index (Phi) is 5.90. The Morgan fingerprint density at radius 3 is 2.26 bits per heavy atom. The summed E-state index contributed by atoms with van der Waals surface area (Å²) >= 11 is 0. The standard InChI is InChI=1S/C18H19F3O2/c1-3-5-10-23-15-8-6-12(11-14(15)19)13-7-9-16(22-4-2)18(21)17(13)20/h6-9,11H,3-5,10H2,1-2H3. The predicted octanol–water partition coefficient (Wildman–Crippen LogP) is 5.35. The van der Waals surface area contributed by atoms with Crippen LogP contribution in [0.3, 0.4) is 0 Å². The number of hydrogen-bond acceptors (Lipinski definition) is 2. The van der Waals surface area contributed by atoms with Gasteiger partial charge in [-0.25, -0.2) is 8.78 Å². The van der Waals surface area contributed by atoms with E-state index in [0.717, 1.165) is 18.9 Å². The molecule has 2 rings (SSSR count). The monoisotopic (exact) mass is 324 g/mol. The number of benzene rings is 2. The van der Waals surface area contributed by atoms with Crippen LogP contribution in [-0.2, 0) is 0 Å². The maximum atomic E-state index is 14.1. The molecular formula is C18H19F3O2. The van der Waals surface area contributed by atoms with E-state index in [9.17, 15) is 13.2 Å². The highest BCUT2D eigenvalue weighted by Gasteiger charge is 2.16. The molecule has 0 saturated heterocycles. The third-order valence-electron chi connectivity index (χ3n) is 3.35. The van der Waals surface area contributed by atoms with Crippen LogP contribution in [0.2, 0.25) is 0 Å². The zero-order valence-corrected chi connectivity index (χ0v) is 13.2. The van der Waals surface area contributed by atoms with E-state index in [2.05, 4.69) is 0 Å². The van der Waals surface area contributed by atoms with Gasteiger partial charge in [-0.2, -0.15) is 4.39 Å². The van der Waals surface area contributed by atoms with Gasteiger partial charge in [-0.3, -0.25) is 0 Å². The second-order valence-corrected chi connectivity index (χ2v) is 5.02. The topological polar surface area (TPSA) is 18.5 Å². The van der Waals surface area contributed by atoms with Crippen LogP contribution in [-0.4, -0.2) is 13.2 Å². The highest BCUT2D eigenvalue weighted by molar-refractivity contribution is 5.66. The van der Waals surface area contributed by atoms with Crippen LogP contribution in [0.4, 0.5) is 13.2 Å². The number of rotatable bonds is 7. The largest absolute Gasteiger partial charge is 0.491 e. The van der Waals surface area contributed by atoms with Crippen molar-refractivity contribution in [1.82, 2.24) is 0 Å². The first-order valence-corrected chi connectivity index (χ1v) is 7.62. The third kappa shape index (κ3) is 3.97. The van der Waals surface area contributed by atoms with Crippen LogP contribution in [0.25, 0.3) is 11.1 Å². The molecule has 0 amide bonds. The van der Waals surface area contributed by atoms with E-state index in [4.69, 9.17) is 9.47 Å². The highest BCUT2D eigenvalue weighted by Crippen LogP contribution is 2.32. The molecule has 0 aliphatic carbocycles. The summed E-state index contributed by atoms with van der Waals surface area (Å²) in [5, 5.41) is 0. The summed E-state index contributed by atoms with van der Waals surface area (Å²) in [6.45, 7) is 4.33. The second kappa shape index (κ2) is 7.90. The van der Waals surface area contributed by atoms with Crippen molar-refractivity contribution in [3.05, 3.63) is 47.8 Å². The van der Waals surface area contributed by atoms with Crippen molar-refractivity contribution in [2.45, 2.75) is 26.7 Å². The lowest BCUT2D eigenvalue weighted by molar-refractivity contribution is 0.294. The molecule has 2 aromatic rings. The van der Waals surface area contributed by atoms with Crippen LogP contribution in [0.1, 0.15) is 26.7 Å². The normalized spacial score (nSPS) is 10.7. The molecule has 0 atom stereocenters. The molecule has 2 nitrogen and oxygen atoms in total. The van der Waals surface area contributed by atoms with E-state index >= 15 is 0 Å². The fourth-order valence-corrected chi connectivity index (χ4v) is 2.13. The molecule has 0 radical (unpaired) electrons. The fraction of sp³-hybridized carbons (Fsp3) is 0.333. The maximum absolute atomic E-state index is 14.1. The van der Waals surface area contributed by atoms with Crippen LogP contribution < -0.4 is 9.47 Å². The molecule has 0 spiro atoms. The van der Waals surface area contributed by atoms with E-state index in [0.29, 0.717) is 6.61 Å². The van der Waals surface area contributed by atoms with Gasteiger partial charge in [0.2, 0.25) is 5.82 Å². The first kappa shape index (κ1) is 17.2. The van der Waals surface area contributed by atoms with Gasteiger partial charge < -0.3 is 9.47 Å². The van der Waals surface area contributed by atoms with Crippen molar-refractivity contribution in [2.75, 3.05) is 13.2 Å². The van der Waals surface area contributed by atoms with Gasteiger partial charge in [0.15, 0.2) is 23.1 Å². The average Bonchev–Trinajstić information content (AvgIpc) is 2.54. The van der Waals surface area contributed by atoms with Gasteiger partial charge in [0, 0.05) is 5.56 Å². The summed E-state index contributed by atoms with van der Waals surface area (Å²) in [5.74, 6) is -2.79. The van der Waals surface area contributed by atoms with Crippen LogP contribution >= 0.6 is 0 Å². The molecule has 0 N–H and O–H groups in total. The summed E-state index contributed by atoms with van der Waals surface area (Å²) in [4.78, 5) is 0. The molecule has 0 aliphatic rings. The van der Waals surface area contributed by atoms with E-state index in [1.165, 1.54) is 24.3 Å². The lowest BCUT2D eigenvalue weighted by Gasteiger charge is -2.11. The molecule has 0 saturated carbocycles. The van der Waals surface area contributed by atoms with Crippen molar-refractivity contribution in [3.8, 4) is 22.6 Å². The number of hydrogen-bond donors (Lipinski definition) is 0. The van der Waals surface area contributed by atoms with Crippen LogP contribution in [0, 0.1) is 17.5 Å². The van der Waals surface area contributed by atoms with Crippen LogP contribution in [0.15, 0.2) is 30.3 Å². The SMILES string of the molecule is CCCCOc1ccc(-c2ccc(OCC)c(F)c2F)cc1F. The molecule has 0 bridgehead atoms. The zero-order valence-electron chi connectivity index (χ0n) is 13.2. The third-order valence-corrected chi connectivity index (χ3v) is 3.35. The van der Waals surface area contributed by atoms with Crippen molar-refractivity contribution in [1.29, 1.82) is 0 Å². The smallest absolute Gasteiger partial charge is 0.201 e. The quantitative estimate of drug-likeness (QED) is 0.639. The second-order valence-electron chi connectivity index (χ2n) is 5.02. The van der Waals surface area contributed by atoms with Gasteiger partial charge in [-0.15, -0.1) is 0 Å². The Labute approximate surface area is 133 Å². The Bertz CT molecular complexity index is 672. The number of halogens is 3. The van der Waals surface area contributed by atoms with Gasteiger partial charge in [-0.1, -0.05) is 19.4 Å². The summed E-state index contributed by atoms with van der Waals surface area (Å²) in [7, 11) is 0. The van der Waals surface area contributed by atoms with E-state index < -0.39 is 17.5 Å². The van der Waals surface area contributed by atoms with Gasteiger partial charge in [0.25, 0.3) is 0 Å². The molecule has 0 aromatic heterocycles. The molecule has 124 valence electrons. The summed E-state index contributed by atoms with van der Waals surface area (Å²) in [6, 6.07) is 6.77. The van der Waals surface area contributed by atoms with Crippen molar-refractivity contribution in [3.63, 3.8) is 0 Å².